The van der Waals surface area contributed by atoms with Gasteiger partial charge in [0.2, 0.25) is 0 Å². The monoisotopic (exact) mass is 108 g/mol. The van der Waals surface area contributed by atoms with E-state index in [-0.39, 0.29) is 0 Å². The molecule has 3 heteroatoms. The summed E-state index contributed by atoms with van der Waals surface area (Å²) < 4.78 is 0. The Morgan fingerprint density at radius 2 is 2.50 bits per heavy atom. The van der Waals surface area contributed by atoms with Crippen LogP contribution in [0, 0.1) is 4.91 Å². The summed E-state index contributed by atoms with van der Waals surface area (Å²) in [6, 6.07) is 3.26. The average Bonchev–Trinajstić information content (AvgIpc) is 1.90. The van der Waals surface area contributed by atoms with Crippen molar-refractivity contribution in [3.63, 3.8) is 0 Å². The molecule has 0 saturated carbocycles. The molecule has 0 bridgehead atoms. The zero-order chi connectivity index (χ0) is 5.82. The molecule has 0 N–H and O–H groups in total. The number of hydrogen-bond donors (Lipinski definition) is 0. The van der Waals surface area contributed by atoms with E-state index in [1.165, 1.54) is 6.20 Å². The fraction of sp³-hybridized carbons (Fsp3) is 0. The molecule has 1 aromatic rings. The third-order valence-corrected chi connectivity index (χ3v) is 0.751. The molecule has 3 nitrogen and oxygen atoms in total. The van der Waals surface area contributed by atoms with Crippen LogP contribution in [0.1, 0.15) is 0 Å². The Bertz CT molecular complexity index is 173. The minimum absolute atomic E-state index is 0.368. The first kappa shape index (κ1) is 4.90. The fourth-order valence-electron chi connectivity index (χ4n) is 0.408. The van der Waals surface area contributed by atoms with Crippen molar-refractivity contribution >= 4 is 5.69 Å². The van der Waals surface area contributed by atoms with Gasteiger partial charge >= 0.3 is 0 Å². The van der Waals surface area contributed by atoms with Gasteiger partial charge in [-0.25, -0.2) is 0 Å². The molecule has 0 saturated heterocycles. The van der Waals surface area contributed by atoms with E-state index >= 15 is 0 Å². The second-order valence-electron chi connectivity index (χ2n) is 1.30. The van der Waals surface area contributed by atoms with Crippen LogP contribution in [0.15, 0.2) is 29.7 Å². The summed E-state index contributed by atoms with van der Waals surface area (Å²) in [6.07, 6.45) is 3.00. The van der Waals surface area contributed by atoms with Gasteiger partial charge in [-0.15, -0.1) is 4.91 Å². The number of hydrogen-bond acceptors (Lipinski definition) is 3. The molecular weight excluding hydrogens is 104 g/mol. The summed E-state index contributed by atoms with van der Waals surface area (Å²) in [6.45, 7) is 0. The lowest BCUT2D eigenvalue weighted by Gasteiger charge is -1.80. The first-order valence-corrected chi connectivity index (χ1v) is 2.17. The van der Waals surface area contributed by atoms with E-state index in [1.54, 1.807) is 18.3 Å². The van der Waals surface area contributed by atoms with Crippen molar-refractivity contribution in [2.24, 2.45) is 5.18 Å². The Balaban J connectivity index is 2.99. The van der Waals surface area contributed by atoms with Gasteiger partial charge in [-0.05, 0) is 17.3 Å². The average molecular weight is 108 g/mol. The lowest BCUT2D eigenvalue weighted by molar-refractivity contribution is 1.30. The molecule has 0 aliphatic carbocycles. The van der Waals surface area contributed by atoms with Crippen molar-refractivity contribution in [2.75, 3.05) is 0 Å². The molecule has 0 amide bonds. The molecule has 0 spiro atoms. The zero-order valence-electron chi connectivity index (χ0n) is 4.11. The summed E-state index contributed by atoms with van der Waals surface area (Å²) in [4.78, 5) is 13.4. The van der Waals surface area contributed by atoms with Crippen LogP contribution in [0.2, 0.25) is 0 Å². The molecule has 8 heavy (non-hydrogen) atoms. The van der Waals surface area contributed by atoms with E-state index < -0.39 is 0 Å². The highest BCUT2D eigenvalue weighted by Crippen LogP contribution is 2.04. The molecule has 0 aliphatic heterocycles. The lowest BCUT2D eigenvalue weighted by atomic mass is 10.4. The standard InChI is InChI=1S/C5H4N2O/c8-7-5-2-1-3-6-4-5/h1-4H. The molecule has 0 aromatic carbocycles. The Morgan fingerprint density at radius 1 is 1.62 bits per heavy atom. The van der Waals surface area contributed by atoms with Gasteiger partial charge in [0, 0.05) is 6.20 Å². The van der Waals surface area contributed by atoms with E-state index in [2.05, 4.69) is 10.2 Å². The Labute approximate surface area is 46.3 Å². The van der Waals surface area contributed by atoms with Gasteiger partial charge in [-0.3, -0.25) is 4.98 Å². The number of nitrogens with zero attached hydrogens (tertiary/aromatic N) is 2. The van der Waals surface area contributed by atoms with Crippen LogP contribution in [0.3, 0.4) is 0 Å². The van der Waals surface area contributed by atoms with Crippen molar-refractivity contribution < 1.29 is 0 Å². The van der Waals surface area contributed by atoms with E-state index in [4.69, 9.17) is 0 Å². The van der Waals surface area contributed by atoms with Gasteiger partial charge < -0.3 is 0 Å². The highest BCUT2D eigenvalue weighted by molar-refractivity contribution is 5.31. The number of pyridine rings is 1. The second kappa shape index (κ2) is 2.16. The maximum absolute atomic E-state index is 9.72. The molecule has 1 aromatic heterocycles. The first-order chi connectivity index (χ1) is 3.93. The number of nitroso groups, excluding NO2 is 1. The molecule has 0 fully saturated rings. The smallest absolute Gasteiger partial charge is 0.126 e. The Kier molecular flexibility index (Phi) is 1.32. The fourth-order valence-corrected chi connectivity index (χ4v) is 0.408. The highest BCUT2D eigenvalue weighted by atomic mass is 16.3. The first-order valence-electron chi connectivity index (χ1n) is 2.17. The minimum atomic E-state index is 0.368. The van der Waals surface area contributed by atoms with Gasteiger partial charge in [-0.1, -0.05) is 0 Å². The number of aromatic nitrogens is 1. The summed E-state index contributed by atoms with van der Waals surface area (Å²) in [5.41, 5.74) is 0.368. The van der Waals surface area contributed by atoms with E-state index in [0.29, 0.717) is 5.69 Å². The molecule has 0 radical (unpaired) electrons. The van der Waals surface area contributed by atoms with Gasteiger partial charge in [0.15, 0.2) is 0 Å². The van der Waals surface area contributed by atoms with Gasteiger partial charge in [0.25, 0.3) is 0 Å². The Hall–Kier alpha value is -1.25. The van der Waals surface area contributed by atoms with Crippen molar-refractivity contribution in [3.05, 3.63) is 29.4 Å². The van der Waals surface area contributed by atoms with Crippen molar-refractivity contribution in [1.29, 1.82) is 0 Å². The zero-order valence-corrected chi connectivity index (χ0v) is 4.11. The van der Waals surface area contributed by atoms with Crippen molar-refractivity contribution in [2.45, 2.75) is 0 Å². The van der Waals surface area contributed by atoms with Crippen LogP contribution < -0.4 is 0 Å². The minimum Gasteiger partial charge on any atom is -0.262 e. The van der Waals surface area contributed by atoms with Crippen LogP contribution in [-0.4, -0.2) is 4.98 Å². The normalized spacial score (nSPS) is 8.50. The van der Waals surface area contributed by atoms with Crippen LogP contribution in [0.5, 0.6) is 0 Å². The van der Waals surface area contributed by atoms with Crippen LogP contribution >= 0.6 is 0 Å². The van der Waals surface area contributed by atoms with Crippen LogP contribution in [-0.2, 0) is 0 Å². The second-order valence-corrected chi connectivity index (χ2v) is 1.30. The SMILES string of the molecule is O=Nc1cccnc1. The maximum atomic E-state index is 9.72. The number of rotatable bonds is 1. The third kappa shape index (κ3) is 0.872. The molecule has 0 aliphatic rings. The van der Waals surface area contributed by atoms with Crippen molar-refractivity contribution in [1.82, 2.24) is 4.98 Å². The summed E-state index contributed by atoms with van der Waals surface area (Å²) >= 11 is 0. The molecule has 40 valence electrons. The van der Waals surface area contributed by atoms with E-state index in [9.17, 15) is 4.91 Å². The lowest BCUT2D eigenvalue weighted by Crippen LogP contribution is -1.64. The van der Waals surface area contributed by atoms with Gasteiger partial charge in [0.1, 0.15) is 5.69 Å². The predicted octanol–water partition coefficient (Wildman–Crippen LogP) is 1.48. The van der Waals surface area contributed by atoms with E-state index in [0.717, 1.165) is 0 Å². The molecule has 0 atom stereocenters. The quantitative estimate of drug-likeness (QED) is 0.511. The summed E-state index contributed by atoms with van der Waals surface area (Å²) in [5.74, 6) is 0. The van der Waals surface area contributed by atoms with Gasteiger partial charge in [-0.2, -0.15) is 0 Å². The van der Waals surface area contributed by atoms with E-state index in [1.807, 2.05) is 0 Å². The topological polar surface area (TPSA) is 42.3 Å². The largest absolute Gasteiger partial charge is 0.262 e. The van der Waals surface area contributed by atoms with Crippen LogP contribution in [0.4, 0.5) is 5.69 Å². The summed E-state index contributed by atoms with van der Waals surface area (Å²) in [5, 5.41) is 2.66. The van der Waals surface area contributed by atoms with Crippen molar-refractivity contribution in [3.8, 4) is 0 Å². The maximum Gasteiger partial charge on any atom is 0.126 e. The predicted molar refractivity (Wildman–Crippen MR) is 29.7 cm³/mol. The summed E-state index contributed by atoms with van der Waals surface area (Å²) in [7, 11) is 0. The molecular formula is C5H4N2O. The highest BCUT2D eigenvalue weighted by Gasteiger charge is 1.82. The molecule has 1 heterocycles. The third-order valence-electron chi connectivity index (χ3n) is 0.751. The van der Waals surface area contributed by atoms with Gasteiger partial charge in [0.05, 0.1) is 6.20 Å². The van der Waals surface area contributed by atoms with Crippen LogP contribution in [0.25, 0.3) is 0 Å². The molecule has 0 unspecified atom stereocenters. The Morgan fingerprint density at radius 3 is 2.88 bits per heavy atom. The molecule has 1 rings (SSSR count).